The van der Waals surface area contributed by atoms with E-state index in [1.165, 1.54) is 0 Å². The molecule has 0 spiro atoms. The van der Waals surface area contributed by atoms with Crippen LogP contribution < -0.4 is 5.32 Å². The summed E-state index contributed by atoms with van der Waals surface area (Å²) in [5.74, 6) is -5.71. The van der Waals surface area contributed by atoms with Crippen molar-refractivity contribution >= 4 is 17.6 Å². The van der Waals surface area contributed by atoms with Crippen molar-refractivity contribution in [3.05, 3.63) is 39.4 Å². The molecule has 0 saturated heterocycles. The van der Waals surface area contributed by atoms with Crippen LogP contribution in [-0.2, 0) is 4.79 Å². The van der Waals surface area contributed by atoms with Gasteiger partial charge < -0.3 is 15.5 Å². The topological polar surface area (TPSA) is 130 Å². The molecule has 0 aromatic heterocycles. The van der Waals surface area contributed by atoms with E-state index < -0.39 is 51.8 Å². The molecule has 1 rings (SSSR count). The lowest BCUT2D eigenvalue weighted by atomic mass is 10.1. The predicted octanol–water partition coefficient (Wildman–Crippen LogP) is 0.438. The van der Waals surface area contributed by atoms with E-state index in [1.54, 1.807) is 0 Å². The van der Waals surface area contributed by atoms with Crippen LogP contribution in [-0.4, -0.2) is 39.2 Å². The van der Waals surface area contributed by atoms with Crippen LogP contribution >= 0.6 is 0 Å². The molecule has 10 heteroatoms. The molecule has 0 radical (unpaired) electrons. The van der Waals surface area contributed by atoms with Crippen LogP contribution in [0.15, 0.2) is 12.1 Å². The summed E-state index contributed by atoms with van der Waals surface area (Å²) in [6.07, 6.45) is 0. The number of aliphatic hydroxyl groups is 1. The van der Waals surface area contributed by atoms with E-state index in [0.29, 0.717) is 12.1 Å². The monoisotopic (exact) mass is 304 g/mol. The van der Waals surface area contributed by atoms with Gasteiger partial charge in [-0.3, -0.25) is 14.9 Å². The summed E-state index contributed by atoms with van der Waals surface area (Å²) in [6.45, 7) is 0.0743. The number of carbonyl (C=O) groups is 2. The highest BCUT2D eigenvalue weighted by Gasteiger charge is 2.31. The maximum atomic E-state index is 13.7. The smallest absolute Gasteiger partial charge is 0.337 e. The van der Waals surface area contributed by atoms with Gasteiger partial charge in [0.25, 0.3) is 5.91 Å². The molecule has 1 unspecified atom stereocenters. The molecular weight excluding hydrogens is 294 g/mol. The van der Waals surface area contributed by atoms with Crippen LogP contribution in [0.4, 0.5) is 14.5 Å². The number of amides is 1. The van der Waals surface area contributed by atoms with Crippen molar-refractivity contribution in [2.24, 2.45) is 0 Å². The molecule has 0 fully saturated rings. The van der Waals surface area contributed by atoms with Crippen LogP contribution in [0.3, 0.4) is 0 Å². The van der Waals surface area contributed by atoms with E-state index in [4.69, 9.17) is 5.11 Å². The van der Waals surface area contributed by atoms with Gasteiger partial charge in [0.2, 0.25) is 5.82 Å². The Labute approximate surface area is 116 Å². The van der Waals surface area contributed by atoms with Gasteiger partial charge in [-0.1, -0.05) is 0 Å². The molecule has 0 aliphatic carbocycles. The molecule has 8 nitrogen and oxygen atoms in total. The quantitative estimate of drug-likeness (QED) is 0.534. The molecule has 0 aliphatic heterocycles. The van der Waals surface area contributed by atoms with Gasteiger partial charge in [0.15, 0.2) is 5.60 Å². The number of nitro groups is 1. The molecule has 0 heterocycles. The predicted molar refractivity (Wildman–Crippen MR) is 63.6 cm³/mol. The molecule has 0 saturated carbocycles. The number of carboxylic acids is 1. The molecule has 114 valence electrons. The second kappa shape index (κ2) is 5.79. The van der Waals surface area contributed by atoms with Crippen molar-refractivity contribution in [3.63, 3.8) is 0 Å². The Morgan fingerprint density at radius 1 is 1.43 bits per heavy atom. The number of nitrogens with zero attached hydrogens (tertiary/aromatic N) is 1. The van der Waals surface area contributed by atoms with E-state index in [9.17, 15) is 33.6 Å². The van der Waals surface area contributed by atoms with Crippen molar-refractivity contribution < 1.29 is 33.5 Å². The van der Waals surface area contributed by atoms with E-state index in [-0.39, 0.29) is 0 Å². The number of nitro benzene ring substituents is 1. The normalized spacial score (nSPS) is 13.3. The van der Waals surface area contributed by atoms with Gasteiger partial charge in [-0.05, 0) is 13.0 Å². The van der Waals surface area contributed by atoms with Gasteiger partial charge in [-0.25, -0.2) is 9.18 Å². The molecule has 1 amide bonds. The average molecular weight is 304 g/mol. The summed E-state index contributed by atoms with van der Waals surface area (Å²) in [6, 6.07) is 0.729. The third-order valence-electron chi connectivity index (χ3n) is 2.51. The van der Waals surface area contributed by atoms with Crippen LogP contribution in [0.5, 0.6) is 0 Å². The van der Waals surface area contributed by atoms with Crippen LogP contribution in [0, 0.1) is 21.7 Å². The molecule has 1 atom stereocenters. The largest absolute Gasteiger partial charge is 0.479 e. The van der Waals surface area contributed by atoms with Crippen LogP contribution in [0.2, 0.25) is 0 Å². The third-order valence-corrected chi connectivity index (χ3v) is 2.51. The number of rotatable bonds is 5. The average Bonchev–Trinajstić information content (AvgIpc) is 2.37. The van der Waals surface area contributed by atoms with Gasteiger partial charge in [0.05, 0.1) is 23.1 Å². The SMILES string of the molecule is CC(O)(CNC(=O)c1cc(F)cc([N+](=O)[O-])c1F)C(=O)O. The zero-order chi connectivity index (χ0) is 16.4. The molecule has 0 bridgehead atoms. The number of hydrogen-bond acceptors (Lipinski definition) is 5. The zero-order valence-electron chi connectivity index (χ0n) is 10.6. The fourth-order valence-electron chi connectivity index (χ4n) is 1.30. The Balaban J connectivity index is 3.04. The Kier molecular flexibility index (Phi) is 4.53. The van der Waals surface area contributed by atoms with E-state index in [1.807, 2.05) is 5.32 Å². The summed E-state index contributed by atoms with van der Waals surface area (Å²) in [7, 11) is 0. The number of benzene rings is 1. The summed E-state index contributed by atoms with van der Waals surface area (Å²) >= 11 is 0. The molecule has 1 aromatic rings. The lowest BCUT2D eigenvalue weighted by Gasteiger charge is -2.18. The number of carboxylic acid groups (broad SMARTS) is 1. The van der Waals surface area contributed by atoms with Crippen molar-refractivity contribution in [2.45, 2.75) is 12.5 Å². The van der Waals surface area contributed by atoms with Crippen LogP contribution in [0.1, 0.15) is 17.3 Å². The van der Waals surface area contributed by atoms with E-state index in [2.05, 4.69) is 0 Å². The minimum absolute atomic E-state index is 0.305. The minimum Gasteiger partial charge on any atom is -0.479 e. The Morgan fingerprint density at radius 3 is 2.48 bits per heavy atom. The first-order chi connectivity index (χ1) is 9.56. The second-order valence-electron chi connectivity index (χ2n) is 4.31. The van der Waals surface area contributed by atoms with Gasteiger partial charge in [0.1, 0.15) is 5.82 Å². The lowest BCUT2D eigenvalue weighted by Crippen LogP contribution is -2.46. The fraction of sp³-hybridized carbons (Fsp3) is 0.273. The molecule has 21 heavy (non-hydrogen) atoms. The number of halogens is 2. The Bertz CT molecular complexity index is 617. The fourth-order valence-corrected chi connectivity index (χ4v) is 1.30. The van der Waals surface area contributed by atoms with E-state index >= 15 is 0 Å². The maximum absolute atomic E-state index is 13.7. The number of nitrogens with one attached hydrogen (secondary N) is 1. The van der Waals surface area contributed by atoms with Crippen molar-refractivity contribution in [1.82, 2.24) is 5.32 Å². The number of carbonyl (C=O) groups excluding carboxylic acids is 1. The first-order valence-electron chi connectivity index (χ1n) is 5.43. The summed E-state index contributed by atoms with van der Waals surface area (Å²) in [5.41, 5.74) is -4.53. The highest BCUT2D eigenvalue weighted by molar-refractivity contribution is 5.95. The van der Waals surface area contributed by atoms with Crippen molar-refractivity contribution in [1.29, 1.82) is 0 Å². The maximum Gasteiger partial charge on any atom is 0.337 e. The Morgan fingerprint density at radius 2 is 2.00 bits per heavy atom. The summed E-state index contributed by atoms with van der Waals surface area (Å²) in [4.78, 5) is 31.5. The second-order valence-corrected chi connectivity index (χ2v) is 4.31. The zero-order valence-corrected chi connectivity index (χ0v) is 10.6. The summed E-state index contributed by atoms with van der Waals surface area (Å²) < 4.78 is 26.8. The number of hydrogen-bond donors (Lipinski definition) is 3. The van der Waals surface area contributed by atoms with Gasteiger partial charge >= 0.3 is 11.7 Å². The lowest BCUT2D eigenvalue weighted by molar-refractivity contribution is -0.387. The molecule has 0 aliphatic rings. The highest BCUT2D eigenvalue weighted by atomic mass is 19.1. The first kappa shape index (κ1) is 16.4. The molecule has 1 aromatic carbocycles. The van der Waals surface area contributed by atoms with Crippen molar-refractivity contribution in [3.8, 4) is 0 Å². The standard InChI is InChI=1S/C11H10F2N2O6/c1-11(19,10(17)18)4-14-9(16)6-2-5(12)3-7(8(6)13)15(20)21/h2-3,19H,4H2,1H3,(H,14,16)(H,17,18). The van der Waals surface area contributed by atoms with Crippen LogP contribution in [0.25, 0.3) is 0 Å². The van der Waals surface area contributed by atoms with Gasteiger partial charge in [0, 0.05) is 0 Å². The first-order valence-corrected chi connectivity index (χ1v) is 5.43. The van der Waals surface area contributed by atoms with Gasteiger partial charge in [-0.2, -0.15) is 4.39 Å². The molecular formula is C11H10F2N2O6. The number of aliphatic carboxylic acids is 1. The Hall–Kier alpha value is -2.62. The third kappa shape index (κ3) is 3.69. The van der Waals surface area contributed by atoms with Gasteiger partial charge in [-0.15, -0.1) is 0 Å². The van der Waals surface area contributed by atoms with E-state index in [0.717, 1.165) is 6.92 Å². The van der Waals surface area contributed by atoms with Crippen molar-refractivity contribution in [2.75, 3.05) is 6.54 Å². The molecule has 3 N–H and O–H groups in total. The minimum atomic E-state index is -2.33. The summed E-state index contributed by atoms with van der Waals surface area (Å²) in [5, 5.41) is 30.3. The highest BCUT2D eigenvalue weighted by Crippen LogP contribution is 2.22.